The molecule has 1 atom stereocenters. The fourth-order valence-corrected chi connectivity index (χ4v) is 4.20. The standard InChI is InChI=1S/C20H18ClN3O3S/c1-27-20(26)16-9-15-17(11-24(16)19(25)18-3-2-8-28-18)23(12-22-15)10-13-4-6-14(21)7-5-13/h2-8,12,16H,9-11H2,1H3/t16-/m0/s1. The lowest BCUT2D eigenvalue weighted by molar-refractivity contribution is -0.146. The van der Waals surface area contributed by atoms with Crippen LogP contribution in [0.2, 0.25) is 5.02 Å². The summed E-state index contributed by atoms with van der Waals surface area (Å²) in [5.74, 6) is -0.599. The van der Waals surface area contributed by atoms with Crippen LogP contribution in [0.3, 0.4) is 0 Å². The topological polar surface area (TPSA) is 64.4 Å². The van der Waals surface area contributed by atoms with Crippen molar-refractivity contribution < 1.29 is 14.3 Å². The van der Waals surface area contributed by atoms with Crippen molar-refractivity contribution in [3.05, 3.63) is 75.0 Å². The fraction of sp³-hybridized carbons (Fsp3) is 0.250. The molecule has 28 heavy (non-hydrogen) atoms. The summed E-state index contributed by atoms with van der Waals surface area (Å²) in [6.45, 7) is 0.919. The first kappa shape index (κ1) is 18.7. The molecule has 3 heterocycles. The maximum atomic E-state index is 13.0. The zero-order chi connectivity index (χ0) is 19.7. The van der Waals surface area contributed by atoms with E-state index < -0.39 is 12.0 Å². The number of nitrogens with zero attached hydrogens (tertiary/aromatic N) is 3. The lowest BCUT2D eigenvalue weighted by Crippen LogP contribution is -2.49. The molecule has 1 amide bonds. The minimum Gasteiger partial charge on any atom is -0.467 e. The third-order valence-electron chi connectivity index (χ3n) is 4.85. The third-order valence-corrected chi connectivity index (χ3v) is 5.96. The van der Waals surface area contributed by atoms with Gasteiger partial charge in [-0.25, -0.2) is 9.78 Å². The minimum atomic E-state index is -0.675. The highest BCUT2D eigenvalue weighted by atomic mass is 35.5. The Morgan fingerprint density at radius 2 is 2.07 bits per heavy atom. The average Bonchev–Trinajstić information content (AvgIpc) is 3.38. The van der Waals surface area contributed by atoms with Crippen LogP contribution in [-0.4, -0.2) is 39.5 Å². The number of esters is 1. The third kappa shape index (κ3) is 3.55. The first-order chi connectivity index (χ1) is 13.6. The van der Waals surface area contributed by atoms with E-state index in [1.165, 1.54) is 18.4 Å². The summed E-state index contributed by atoms with van der Waals surface area (Å²) in [4.78, 5) is 32.0. The second-order valence-corrected chi connectivity index (χ2v) is 7.93. The lowest BCUT2D eigenvalue weighted by atomic mass is 10.0. The van der Waals surface area contributed by atoms with Crippen molar-refractivity contribution in [2.75, 3.05) is 7.11 Å². The van der Waals surface area contributed by atoms with Crippen molar-refractivity contribution in [2.24, 2.45) is 0 Å². The fourth-order valence-electron chi connectivity index (χ4n) is 3.39. The Morgan fingerprint density at radius 1 is 1.29 bits per heavy atom. The number of ether oxygens (including phenoxy) is 1. The number of carbonyl (C=O) groups is 2. The van der Waals surface area contributed by atoms with E-state index in [4.69, 9.17) is 16.3 Å². The van der Waals surface area contributed by atoms with Gasteiger partial charge >= 0.3 is 5.97 Å². The zero-order valence-corrected chi connectivity index (χ0v) is 16.7. The van der Waals surface area contributed by atoms with Gasteiger partial charge in [0.1, 0.15) is 6.04 Å². The summed E-state index contributed by atoms with van der Waals surface area (Å²) in [7, 11) is 1.34. The predicted molar refractivity (Wildman–Crippen MR) is 106 cm³/mol. The van der Waals surface area contributed by atoms with E-state index in [2.05, 4.69) is 4.98 Å². The second kappa shape index (κ2) is 7.77. The molecule has 4 rings (SSSR count). The molecule has 2 aromatic heterocycles. The van der Waals surface area contributed by atoms with Crippen LogP contribution in [0, 0.1) is 0 Å². The van der Waals surface area contributed by atoms with E-state index in [9.17, 15) is 9.59 Å². The van der Waals surface area contributed by atoms with E-state index in [-0.39, 0.29) is 5.91 Å². The van der Waals surface area contributed by atoms with Crippen LogP contribution in [0.15, 0.2) is 48.1 Å². The highest BCUT2D eigenvalue weighted by molar-refractivity contribution is 7.12. The van der Waals surface area contributed by atoms with Gasteiger partial charge in [0.25, 0.3) is 5.91 Å². The maximum Gasteiger partial charge on any atom is 0.329 e. The van der Waals surface area contributed by atoms with Gasteiger partial charge < -0.3 is 14.2 Å². The smallest absolute Gasteiger partial charge is 0.329 e. The largest absolute Gasteiger partial charge is 0.467 e. The Bertz CT molecular complexity index is 998. The zero-order valence-electron chi connectivity index (χ0n) is 15.2. The molecule has 1 aromatic carbocycles. The van der Waals surface area contributed by atoms with Crippen LogP contribution in [-0.2, 0) is 29.0 Å². The Hall–Kier alpha value is -2.64. The monoisotopic (exact) mass is 415 g/mol. The van der Waals surface area contributed by atoms with E-state index in [0.29, 0.717) is 29.4 Å². The normalized spacial score (nSPS) is 15.9. The number of aromatic nitrogens is 2. The Morgan fingerprint density at radius 3 is 2.75 bits per heavy atom. The maximum absolute atomic E-state index is 13.0. The first-order valence-electron chi connectivity index (χ1n) is 8.76. The van der Waals surface area contributed by atoms with E-state index >= 15 is 0 Å². The van der Waals surface area contributed by atoms with Crippen LogP contribution in [0.5, 0.6) is 0 Å². The molecule has 0 fully saturated rings. The van der Waals surface area contributed by atoms with Gasteiger partial charge in [0, 0.05) is 18.0 Å². The van der Waals surface area contributed by atoms with Crippen molar-refractivity contribution in [2.45, 2.75) is 25.6 Å². The molecule has 0 spiro atoms. The van der Waals surface area contributed by atoms with Gasteiger partial charge in [-0.1, -0.05) is 29.8 Å². The molecule has 0 N–H and O–H groups in total. The molecule has 6 nitrogen and oxygen atoms in total. The SMILES string of the molecule is COC(=O)[C@@H]1Cc2ncn(Cc3ccc(Cl)cc3)c2CN1C(=O)c1cccs1. The Labute approximate surface area is 171 Å². The average molecular weight is 416 g/mol. The number of fused-ring (bicyclic) bond motifs is 1. The van der Waals surface area contributed by atoms with Crippen molar-refractivity contribution >= 4 is 34.8 Å². The molecule has 1 aliphatic heterocycles. The predicted octanol–water partition coefficient (Wildman–Crippen LogP) is 3.39. The summed E-state index contributed by atoms with van der Waals surface area (Å²) < 4.78 is 6.95. The van der Waals surface area contributed by atoms with Crippen molar-refractivity contribution in [3.63, 3.8) is 0 Å². The summed E-state index contributed by atoms with van der Waals surface area (Å²) in [6, 6.07) is 10.5. The van der Waals surface area contributed by atoms with Crippen LogP contribution in [0.25, 0.3) is 0 Å². The van der Waals surface area contributed by atoms with Crippen molar-refractivity contribution in [1.29, 1.82) is 0 Å². The van der Waals surface area contributed by atoms with Crippen LogP contribution in [0.4, 0.5) is 0 Å². The number of hydrogen-bond donors (Lipinski definition) is 0. The summed E-state index contributed by atoms with van der Waals surface area (Å²) in [5.41, 5.74) is 2.83. The number of imidazole rings is 1. The van der Waals surface area contributed by atoms with Crippen LogP contribution in [0.1, 0.15) is 26.6 Å². The molecular weight excluding hydrogens is 398 g/mol. The molecule has 0 radical (unpaired) electrons. The quantitative estimate of drug-likeness (QED) is 0.613. The number of methoxy groups -OCH3 is 1. The highest BCUT2D eigenvalue weighted by Crippen LogP contribution is 2.27. The summed E-state index contributed by atoms with van der Waals surface area (Å²) >= 11 is 7.32. The van der Waals surface area contributed by atoms with Crippen molar-refractivity contribution in [1.82, 2.24) is 14.5 Å². The number of thiophene rings is 1. The summed E-state index contributed by atoms with van der Waals surface area (Å²) in [6.07, 6.45) is 2.10. The number of rotatable bonds is 4. The molecule has 0 saturated carbocycles. The number of halogens is 1. The number of carbonyl (C=O) groups excluding carboxylic acids is 2. The van der Waals surface area contributed by atoms with Gasteiger partial charge in [-0.2, -0.15) is 0 Å². The van der Waals surface area contributed by atoms with Crippen LogP contribution >= 0.6 is 22.9 Å². The molecule has 0 aliphatic carbocycles. The van der Waals surface area contributed by atoms with Gasteiger partial charge in [-0.3, -0.25) is 4.79 Å². The molecule has 0 bridgehead atoms. The van der Waals surface area contributed by atoms with Gasteiger partial charge in [0.15, 0.2) is 0 Å². The molecule has 3 aromatic rings. The molecule has 0 saturated heterocycles. The van der Waals surface area contributed by atoms with Gasteiger partial charge in [0.05, 0.1) is 36.2 Å². The molecule has 1 aliphatic rings. The van der Waals surface area contributed by atoms with E-state index in [1.54, 1.807) is 17.3 Å². The highest BCUT2D eigenvalue weighted by Gasteiger charge is 2.38. The van der Waals surface area contributed by atoms with Crippen LogP contribution < -0.4 is 0 Å². The van der Waals surface area contributed by atoms with Gasteiger partial charge in [-0.15, -0.1) is 11.3 Å². The van der Waals surface area contributed by atoms with Crippen molar-refractivity contribution in [3.8, 4) is 0 Å². The van der Waals surface area contributed by atoms with E-state index in [0.717, 1.165) is 17.0 Å². The van der Waals surface area contributed by atoms with Gasteiger partial charge in [0.2, 0.25) is 0 Å². The number of benzene rings is 1. The number of hydrogen-bond acceptors (Lipinski definition) is 5. The summed E-state index contributed by atoms with van der Waals surface area (Å²) in [5, 5.41) is 2.53. The molecule has 0 unspecified atom stereocenters. The lowest BCUT2D eigenvalue weighted by Gasteiger charge is -2.33. The Balaban J connectivity index is 1.65. The first-order valence-corrected chi connectivity index (χ1v) is 10.0. The van der Waals surface area contributed by atoms with E-state index in [1.807, 2.05) is 40.3 Å². The number of amides is 1. The molecular formula is C20H18ClN3O3S. The molecule has 144 valence electrons. The Kier molecular flexibility index (Phi) is 5.19. The second-order valence-electron chi connectivity index (χ2n) is 6.55. The van der Waals surface area contributed by atoms with Gasteiger partial charge in [-0.05, 0) is 29.1 Å². The molecule has 8 heteroatoms. The minimum absolute atomic E-state index is 0.171.